The largest absolute Gasteiger partial charge is 0.459 e. The molecule has 0 saturated carbocycles. The zero-order valence-electron chi connectivity index (χ0n) is 14.9. The van der Waals surface area contributed by atoms with Crippen LogP contribution in [0, 0.1) is 0 Å². The van der Waals surface area contributed by atoms with E-state index >= 15 is 0 Å². The van der Waals surface area contributed by atoms with Crippen LogP contribution in [0.15, 0.2) is 47.4 Å². The summed E-state index contributed by atoms with van der Waals surface area (Å²) in [7, 11) is -4.02. The molecule has 10 heteroatoms. The van der Waals surface area contributed by atoms with Crippen molar-refractivity contribution in [2.45, 2.75) is 37.2 Å². The third kappa shape index (κ3) is 4.12. The lowest BCUT2D eigenvalue weighted by Gasteiger charge is -2.29. The fourth-order valence-corrected chi connectivity index (χ4v) is 3.99. The molecule has 0 fully saturated rings. The van der Waals surface area contributed by atoms with E-state index in [1.54, 1.807) is 13.8 Å². The smallest absolute Gasteiger partial charge is 0.416 e. The van der Waals surface area contributed by atoms with Crippen molar-refractivity contribution in [1.29, 1.82) is 0 Å². The van der Waals surface area contributed by atoms with Gasteiger partial charge >= 0.3 is 12.1 Å². The number of carbonyl (C=O) groups excluding carboxylic acids is 1. The SMILES string of the molecule is CC(C)OC(=O)c1ccc([C@H]2Nc3cc(C(F)(F)F)ccc3S(=O)(=O)N2)cc1. The monoisotopic (exact) mass is 414 g/mol. The standard InChI is InChI=1S/C18H17F3N2O4S/c1-10(2)27-17(24)12-5-3-11(4-6-12)16-22-14-9-13(18(19,20)21)7-8-15(14)28(25,26)23-16/h3-10,16,22-23H,1-2H3/t16-/m0/s1. The normalized spacial score (nSPS) is 18.3. The highest BCUT2D eigenvalue weighted by Gasteiger charge is 2.35. The van der Waals surface area contributed by atoms with Gasteiger partial charge in [-0.25, -0.2) is 13.2 Å². The van der Waals surface area contributed by atoms with Gasteiger partial charge in [-0.05, 0) is 49.7 Å². The molecule has 0 amide bonds. The molecule has 150 valence electrons. The van der Waals surface area contributed by atoms with E-state index in [2.05, 4.69) is 10.0 Å². The molecule has 0 bridgehead atoms. The van der Waals surface area contributed by atoms with Crippen molar-refractivity contribution in [3.05, 3.63) is 59.2 Å². The molecule has 0 radical (unpaired) electrons. The number of halogens is 3. The number of anilines is 1. The molecule has 1 aliphatic rings. The van der Waals surface area contributed by atoms with Crippen LogP contribution in [0.4, 0.5) is 18.9 Å². The molecule has 1 atom stereocenters. The van der Waals surface area contributed by atoms with E-state index in [1.165, 1.54) is 24.3 Å². The van der Waals surface area contributed by atoms with Gasteiger partial charge in [-0.3, -0.25) is 0 Å². The number of nitrogens with one attached hydrogen (secondary N) is 2. The van der Waals surface area contributed by atoms with Gasteiger partial charge in [0.25, 0.3) is 0 Å². The van der Waals surface area contributed by atoms with Crippen LogP contribution in [-0.2, 0) is 20.9 Å². The molecular formula is C18H17F3N2O4S. The minimum atomic E-state index is -4.60. The topological polar surface area (TPSA) is 84.5 Å². The van der Waals surface area contributed by atoms with E-state index in [1.807, 2.05) is 0 Å². The fourth-order valence-electron chi connectivity index (χ4n) is 2.70. The summed E-state index contributed by atoms with van der Waals surface area (Å²) in [6.07, 6.45) is -5.88. The highest BCUT2D eigenvalue weighted by Crippen LogP contribution is 2.37. The first-order valence-corrected chi connectivity index (χ1v) is 9.77. The molecular weight excluding hydrogens is 397 g/mol. The summed E-state index contributed by atoms with van der Waals surface area (Å²) in [5, 5.41) is 2.76. The van der Waals surface area contributed by atoms with E-state index in [0.29, 0.717) is 5.56 Å². The van der Waals surface area contributed by atoms with Gasteiger partial charge in [0, 0.05) is 0 Å². The van der Waals surface area contributed by atoms with Crippen molar-refractivity contribution in [3.8, 4) is 0 Å². The second kappa shape index (κ2) is 7.10. The number of alkyl halides is 3. The fraction of sp³-hybridized carbons (Fsp3) is 0.278. The number of sulfonamides is 1. The van der Waals surface area contributed by atoms with Gasteiger partial charge in [-0.15, -0.1) is 0 Å². The lowest BCUT2D eigenvalue weighted by molar-refractivity contribution is -0.137. The number of fused-ring (bicyclic) bond motifs is 1. The van der Waals surface area contributed by atoms with Crippen LogP contribution in [0.2, 0.25) is 0 Å². The van der Waals surface area contributed by atoms with Crippen molar-refractivity contribution in [2.24, 2.45) is 0 Å². The molecule has 0 aromatic heterocycles. The molecule has 2 N–H and O–H groups in total. The number of hydrogen-bond donors (Lipinski definition) is 2. The first kappa shape index (κ1) is 20.2. The number of esters is 1. The molecule has 2 aromatic rings. The molecule has 0 aliphatic carbocycles. The number of ether oxygens (including phenoxy) is 1. The van der Waals surface area contributed by atoms with Gasteiger partial charge in [-0.1, -0.05) is 12.1 Å². The van der Waals surface area contributed by atoms with Gasteiger partial charge in [0.1, 0.15) is 11.1 Å². The Morgan fingerprint density at radius 3 is 2.32 bits per heavy atom. The minimum Gasteiger partial charge on any atom is -0.459 e. The molecule has 0 unspecified atom stereocenters. The zero-order valence-corrected chi connectivity index (χ0v) is 15.7. The van der Waals surface area contributed by atoms with Crippen molar-refractivity contribution < 1.29 is 31.1 Å². The van der Waals surface area contributed by atoms with E-state index in [-0.39, 0.29) is 22.3 Å². The van der Waals surface area contributed by atoms with E-state index in [4.69, 9.17) is 4.74 Å². The van der Waals surface area contributed by atoms with Crippen LogP contribution in [0.3, 0.4) is 0 Å². The van der Waals surface area contributed by atoms with Crippen molar-refractivity contribution in [1.82, 2.24) is 4.72 Å². The Hall–Kier alpha value is -2.59. The summed E-state index contributed by atoms with van der Waals surface area (Å²) in [4.78, 5) is 11.6. The molecule has 2 aromatic carbocycles. The van der Waals surface area contributed by atoms with Gasteiger partial charge < -0.3 is 10.1 Å². The Labute approximate surface area is 159 Å². The van der Waals surface area contributed by atoms with E-state index in [0.717, 1.165) is 18.2 Å². The van der Waals surface area contributed by atoms with Crippen LogP contribution in [0.5, 0.6) is 0 Å². The Bertz CT molecular complexity index is 1000. The third-order valence-electron chi connectivity index (χ3n) is 3.99. The first-order chi connectivity index (χ1) is 13.0. The van der Waals surface area contributed by atoms with Gasteiger partial charge in [0.2, 0.25) is 10.0 Å². The Balaban J connectivity index is 1.90. The molecule has 6 nitrogen and oxygen atoms in total. The van der Waals surface area contributed by atoms with Gasteiger partial charge in [-0.2, -0.15) is 17.9 Å². The average molecular weight is 414 g/mol. The predicted molar refractivity (Wildman–Crippen MR) is 95.1 cm³/mol. The highest BCUT2D eigenvalue weighted by molar-refractivity contribution is 7.89. The summed E-state index contributed by atoms with van der Waals surface area (Å²) >= 11 is 0. The predicted octanol–water partition coefficient (Wildman–Crippen LogP) is 3.67. The highest BCUT2D eigenvalue weighted by atomic mass is 32.2. The molecule has 28 heavy (non-hydrogen) atoms. The third-order valence-corrected chi connectivity index (χ3v) is 5.47. The molecule has 0 spiro atoms. The summed E-state index contributed by atoms with van der Waals surface area (Å²) in [5.74, 6) is -0.529. The van der Waals surface area contributed by atoms with Crippen LogP contribution >= 0.6 is 0 Å². The van der Waals surface area contributed by atoms with Crippen molar-refractivity contribution in [2.75, 3.05) is 5.32 Å². The maximum atomic E-state index is 12.9. The Morgan fingerprint density at radius 2 is 1.75 bits per heavy atom. The minimum absolute atomic E-state index is 0.151. The summed E-state index contributed by atoms with van der Waals surface area (Å²) in [5.41, 5.74) is -0.410. The lowest BCUT2D eigenvalue weighted by Crippen LogP contribution is -2.38. The van der Waals surface area contributed by atoms with Crippen molar-refractivity contribution >= 4 is 21.7 Å². The molecule has 0 saturated heterocycles. The van der Waals surface area contributed by atoms with Crippen LogP contribution in [-0.4, -0.2) is 20.5 Å². The second-order valence-corrected chi connectivity index (χ2v) is 8.17. The number of carbonyl (C=O) groups is 1. The lowest BCUT2D eigenvalue weighted by atomic mass is 10.1. The molecule has 1 heterocycles. The van der Waals surface area contributed by atoms with Crippen LogP contribution in [0.25, 0.3) is 0 Å². The Kier molecular flexibility index (Phi) is 5.11. The number of hydrogen-bond acceptors (Lipinski definition) is 5. The number of benzene rings is 2. The van der Waals surface area contributed by atoms with E-state index < -0.39 is 33.9 Å². The van der Waals surface area contributed by atoms with Crippen LogP contribution in [0.1, 0.15) is 41.5 Å². The summed E-state index contributed by atoms with van der Waals surface area (Å²) in [6, 6.07) is 8.29. The Morgan fingerprint density at radius 1 is 1.11 bits per heavy atom. The van der Waals surface area contributed by atoms with Gasteiger partial charge in [0.15, 0.2) is 0 Å². The maximum Gasteiger partial charge on any atom is 0.416 e. The van der Waals surface area contributed by atoms with E-state index in [9.17, 15) is 26.4 Å². The molecule has 1 aliphatic heterocycles. The summed E-state index contributed by atoms with van der Waals surface area (Å²) < 4.78 is 71.1. The first-order valence-electron chi connectivity index (χ1n) is 8.28. The van der Waals surface area contributed by atoms with Crippen molar-refractivity contribution in [3.63, 3.8) is 0 Å². The quantitative estimate of drug-likeness (QED) is 0.749. The molecule has 3 rings (SSSR count). The number of rotatable bonds is 3. The maximum absolute atomic E-state index is 12.9. The second-order valence-electron chi connectivity index (χ2n) is 6.48. The van der Waals surface area contributed by atoms with Gasteiger partial charge in [0.05, 0.1) is 22.9 Å². The summed E-state index contributed by atoms with van der Waals surface area (Å²) in [6.45, 7) is 3.42. The van der Waals surface area contributed by atoms with Crippen LogP contribution < -0.4 is 10.0 Å². The average Bonchev–Trinajstić information content (AvgIpc) is 2.59. The zero-order chi connectivity index (χ0) is 20.7.